The molecule has 1 aromatic rings. The third-order valence-corrected chi connectivity index (χ3v) is 3.19. The summed E-state index contributed by atoms with van der Waals surface area (Å²) in [6.45, 7) is 7.07. The Morgan fingerprint density at radius 1 is 1.40 bits per heavy atom. The summed E-state index contributed by atoms with van der Waals surface area (Å²) in [7, 11) is 0. The maximum absolute atomic E-state index is 12.0. The molecule has 0 aliphatic heterocycles. The van der Waals surface area contributed by atoms with E-state index < -0.39 is 0 Å². The molecule has 0 spiro atoms. The van der Waals surface area contributed by atoms with Gasteiger partial charge in [0.2, 0.25) is 0 Å². The molecule has 0 aliphatic carbocycles. The number of amides is 1. The maximum Gasteiger partial charge on any atom is 0.252 e. The van der Waals surface area contributed by atoms with Crippen LogP contribution in [0.5, 0.6) is 0 Å². The van der Waals surface area contributed by atoms with Gasteiger partial charge < -0.3 is 10.4 Å². The largest absolute Gasteiger partial charge is 0.395 e. The van der Waals surface area contributed by atoms with Gasteiger partial charge in [-0.3, -0.25) is 9.78 Å². The number of aliphatic hydroxyl groups is 1. The van der Waals surface area contributed by atoms with Gasteiger partial charge in [0.05, 0.1) is 12.2 Å². The Kier molecular flexibility index (Phi) is 6.75. The highest BCUT2D eigenvalue weighted by atomic mass is 16.2. The van der Waals surface area contributed by atoms with E-state index in [1.807, 2.05) is 0 Å². The lowest BCUT2D eigenvalue weighted by molar-refractivity contribution is 0.0944. The number of nitrogens with one attached hydrogen (secondary N) is 1. The van der Waals surface area contributed by atoms with Gasteiger partial charge in [-0.15, -0.1) is 0 Å². The van der Waals surface area contributed by atoms with Crippen LogP contribution in [-0.2, 0) is 0 Å². The summed E-state index contributed by atoms with van der Waals surface area (Å²) in [6, 6.07) is 1.72. The molecule has 1 rings (SSSR count). The Bertz CT molecular complexity index is 501. The molecule has 0 saturated heterocycles. The molecule has 1 unspecified atom stereocenters. The van der Waals surface area contributed by atoms with Crippen molar-refractivity contribution in [3.63, 3.8) is 0 Å². The molecule has 1 aromatic heterocycles. The molecule has 108 valence electrons. The third kappa shape index (κ3) is 5.41. The van der Waals surface area contributed by atoms with E-state index in [-0.39, 0.29) is 12.5 Å². The van der Waals surface area contributed by atoms with E-state index >= 15 is 0 Å². The summed E-state index contributed by atoms with van der Waals surface area (Å²) in [6.07, 6.45) is 3.56. The fraction of sp³-hybridized carbons (Fsp3) is 0.500. The van der Waals surface area contributed by atoms with Gasteiger partial charge in [-0.2, -0.15) is 0 Å². The van der Waals surface area contributed by atoms with Crippen molar-refractivity contribution in [1.29, 1.82) is 0 Å². The lowest BCUT2D eigenvalue weighted by Gasteiger charge is -2.15. The van der Waals surface area contributed by atoms with Gasteiger partial charge in [-0.05, 0) is 17.9 Å². The minimum atomic E-state index is -0.129. The second kappa shape index (κ2) is 8.34. The first-order valence-corrected chi connectivity index (χ1v) is 6.87. The second-order valence-corrected chi connectivity index (χ2v) is 5.17. The van der Waals surface area contributed by atoms with E-state index in [9.17, 15) is 4.79 Å². The van der Waals surface area contributed by atoms with Crippen molar-refractivity contribution in [1.82, 2.24) is 10.3 Å². The first-order valence-electron chi connectivity index (χ1n) is 6.87. The van der Waals surface area contributed by atoms with Crippen LogP contribution in [0.25, 0.3) is 0 Å². The van der Waals surface area contributed by atoms with Crippen LogP contribution in [0.4, 0.5) is 0 Å². The van der Waals surface area contributed by atoms with Crippen molar-refractivity contribution in [2.45, 2.75) is 27.2 Å². The minimum absolute atomic E-state index is 0.0354. The van der Waals surface area contributed by atoms with Gasteiger partial charge in [0.15, 0.2) is 0 Å². The highest BCUT2D eigenvalue weighted by molar-refractivity contribution is 5.94. The zero-order chi connectivity index (χ0) is 15.0. The predicted molar refractivity (Wildman–Crippen MR) is 79.2 cm³/mol. The summed E-state index contributed by atoms with van der Waals surface area (Å²) in [4.78, 5) is 16.0. The average Bonchev–Trinajstić information content (AvgIpc) is 2.44. The zero-order valence-electron chi connectivity index (χ0n) is 12.3. The standard InChI is InChI=1S/C16H22N2O2/c1-12(2)13(3)9-18-16(20)15-8-14(10-17-11-15)6-4-5-7-19/h8,10-13,19H,5,7,9H2,1-3H3,(H,18,20). The number of pyridine rings is 1. The number of nitrogens with zero attached hydrogens (tertiary/aromatic N) is 1. The molecular formula is C16H22N2O2. The van der Waals surface area contributed by atoms with Gasteiger partial charge in [0, 0.05) is 30.9 Å². The smallest absolute Gasteiger partial charge is 0.252 e. The SMILES string of the molecule is CC(C)C(C)CNC(=O)c1cncc(C#CCCO)c1. The van der Waals surface area contributed by atoms with Crippen molar-refractivity contribution < 1.29 is 9.90 Å². The van der Waals surface area contributed by atoms with Crippen LogP contribution in [0.1, 0.15) is 43.1 Å². The third-order valence-electron chi connectivity index (χ3n) is 3.19. The Balaban J connectivity index is 2.65. The molecule has 0 aromatic carbocycles. The number of aliphatic hydroxyl groups excluding tert-OH is 1. The lowest BCUT2D eigenvalue weighted by atomic mass is 9.98. The van der Waals surface area contributed by atoms with E-state index in [1.165, 1.54) is 6.20 Å². The van der Waals surface area contributed by atoms with Crippen molar-refractivity contribution >= 4 is 5.91 Å². The Morgan fingerprint density at radius 2 is 2.15 bits per heavy atom. The Hall–Kier alpha value is -1.86. The molecule has 20 heavy (non-hydrogen) atoms. The highest BCUT2D eigenvalue weighted by Gasteiger charge is 2.10. The van der Waals surface area contributed by atoms with Crippen LogP contribution in [0.2, 0.25) is 0 Å². The molecule has 0 fully saturated rings. The van der Waals surface area contributed by atoms with Gasteiger partial charge in [0.25, 0.3) is 5.91 Å². The first kappa shape index (κ1) is 16.2. The van der Waals surface area contributed by atoms with Crippen molar-refractivity contribution in [3.05, 3.63) is 29.6 Å². The monoisotopic (exact) mass is 274 g/mol. The number of carbonyl (C=O) groups excluding carboxylic acids is 1. The van der Waals surface area contributed by atoms with Crippen LogP contribution < -0.4 is 5.32 Å². The molecule has 2 N–H and O–H groups in total. The number of carbonyl (C=O) groups is 1. The van der Waals surface area contributed by atoms with E-state index in [0.29, 0.717) is 35.9 Å². The molecule has 0 radical (unpaired) electrons. The van der Waals surface area contributed by atoms with Crippen LogP contribution in [0, 0.1) is 23.7 Å². The lowest BCUT2D eigenvalue weighted by Crippen LogP contribution is -2.30. The molecule has 0 saturated carbocycles. The van der Waals surface area contributed by atoms with E-state index in [1.54, 1.807) is 12.3 Å². The summed E-state index contributed by atoms with van der Waals surface area (Å²) >= 11 is 0. The van der Waals surface area contributed by atoms with E-state index in [0.717, 1.165) is 0 Å². The Morgan fingerprint density at radius 3 is 2.80 bits per heavy atom. The van der Waals surface area contributed by atoms with Crippen LogP contribution >= 0.6 is 0 Å². The van der Waals surface area contributed by atoms with Crippen LogP contribution in [0.15, 0.2) is 18.5 Å². The molecule has 4 heteroatoms. The fourth-order valence-electron chi connectivity index (χ4n) is 1.44. The van der Waals surface area contributed by atoms with Gasteiger partial charge >= 0.3 is 0 Å². The molecule has 1 heterocycles. The number of hydrogen-bond donors (Lipinski definition) is 2. The second-order valence-electron chi connectivity index (χ2n) is 5.17. The number of hydrogen-bond acceptors (Lipinski definition) is 3. The van der Waals surface area contributed by atoms with Crippen molar-refractivity contribution in [3.8, 4) is 11.8 Å². The molecule has 0 bridgehead atoms. The fourth-order valence-corrected chi connectivity index (χ4v) is 1.44. The molecule has 4 nitrogen and oxygen atoms in total. The molecule has 1 amide bonds. The summed E-state index contributed by atoms with van der Waals surface area (Å²) in [5.74, 6) is 6.52. The number of rotatable bonds is 5. The van der Waals surface area contributed by atoms with Crippen molar-refractivity contribution in [2.24, 2.45) is 11.8 Å². The molecule has 1 atom stereocenters. The molecular weight excluding hydrogens is 252 g/mol. The van der Waals surface area contributed by atoms with Crippen molar-refractivity contribution in [2.75, 3.05) is 13.2 Å². The zero-order valence-corrected chi connectivity index (χ0v) is 12.3. The van der Waals surface area contributed by atoms with E-state index in [2.05, 4.69) is 42.9 Å². The maximum atomic E-state index is 12.0. The van der Waals surface area contributed by atoms with Gasteiger partial charge in [-0.25, -0.2) is 0 Å². The quantitative estimate of drug-likeness (QED) is 0.805. The summed E-state index contributed by atoms with van der Waals surface area (Å²) in [5, 5.41) is 11.6. The minimum Gasteiger partial charge on any atom is -0.395 e. The van der Waals surface area contributed by atoms with Gasteiger partial charge in [-0.1, -0.05) is 32.6 Å². The normalized spacial score (nSPS) is 11.7. The van der Waals surface area contributed by atoms with Gasteiger partial charge in [0.1, 0.15) is 0 Å². The first-order chi connectivity index (χ1) is 9.54. The topological polar surface area (TPSA) is 62.2 Å². The van der Waals surface area contributed by atoms with Crippen LogP contribution in [-0.4, -0.2) is 29.1 Å². The molecule has 0 aliphatic rings. The number of aromatic nitrogens is 1. The summed E-state index contributed by atoms with van der Waals surface area (Å²) < 4.78 is 0. The van der Waals surface area contributed by atoms with Crippen LogP contribution in [0.3, 0.4) is 0 Å². The van der Waals surface area contributed by atoms with E-state index in [4.69, 9.17) is 5.11 Å². The Labute approximate surface area is 120 Å². The average molecular weight is 274 g/mol. The highest BCUT2D eigenvalue weighted by Crippen LogP contribution is 2.08. The predicted octanol–water partition coefficient (Wildman–Crippen LogP) is 1.84. The summed E-state index contributed by atoms with van der Waals surface area (Å²) in [5.41, 5.74) is 1.19.